The molecule has 0 saturated carbocycles. The summed E-state index contributed by atoms with van der Waals surface area (Å²) in [6.45, 7) is 3.64. The Morgan fingerprint density at radius 3 is 2.55 bits per heavy atom. The van der Waals surface area contributed by atoms with Crippen molar-refractivity contribution in [2.75, 3.05) is 20.3 Å². The van der Waals surface area contributed by atoms with Gasteiger partial charge < -0.3 is 25.8 Å². The number of halogens is 2. The van der Waals surface area contributed by atoms with E-state index >= 15 is 0 Å². The lowest BCUT2D eigenvalue weighted by molar-refractivity contribution is -0.139. The summed E-state index contributed by atoms with van der Waals surface area (Å²) in [6.07, 6.45) is 0. The van der Waals surface area contributed by atoms with E-state index in [4.69, 9.17) is 50.6 Å². The van der Waals surface area contributed by atoms with Crippen LogP contribution < -0.4 is 16.4 Å². The molecule has 156 valence electrons. The molecule has 0 bridgehead atoms. The molecule has 1 unspecified atom stereocenters. The fourth-order valence-electron chi connectivity index (χ4n) is 3.10. The molecule has 1 aliphatic rings. The third-order valence-electron chi connectivity index (χ3n) is 4.28. The van der Waals surface area contributed by atoms with Gasteiger partial charge in [0, 0.05) is 11.4 Å². The van der Waals surface area contributed by atoms with E-state index in [1.165, 1.54) is 7.11 Å². The topological polar surface area (TPSA) is 103 Å². The van der Waals surface area contributed by atoms with Crippen LogP contribution in [0.25, 0.3) is 0 Å². The summed E-state index contributed by atoms with van der Waals surface area (Å²) in [5, 5.41) is 6.43. The number of hydrogen-bond acceptors (Lipinski definition) is 6. The first-order chi connectivity index (χ1) is 13.7. The molecule has 0 fully saturated rings. The Kier molecular flexibility index (Phi) is 7.89. The molecule has 2 rings (SSSR count). The molecule has 0 spiro atoms. The predicted molar refractivity (Wildman–Crippen MR) is 116 cm³/mol. The van der Waals surface area contributed by atoms with E-state index in [0.29, 0.717) is 17.0 Å². The van der Waals surface area contributed by atoms with E-state index in [-0.39, 0.29) is 39.5 Å². The molecule has 4 N–H and O–H groups in total. The average molecular weight is 458 g/mol. The van der Waals surface area contributed by atoms with Crippen molar-refractivity contribution < 1.29 is 19.1 Å². The van der Waals surface area contributed by atoms with Crippen LogP contribution in [0.3, 0.4) is 0 Å². The minimum absolute atomic E-state index is 0.0558. The van der Waals surface area contributed by atoms with Gasteiger partial charge in [0.2, 0.25) is 0 Å². The number of nitrogens with two attached hydrogens (primary N) is 1. The molecular weight excluding hydrogens is 437 g/mol. The van der Waals surface area contributed by atoms with Gasteiger partial charge in [0.15, 0.2) is 5.11 Å². The van der Waals surface area contributed by atoms with Crippen LogP contribution in [0.1, 0.15) is 25.3 Å². The van der Waals surface area contributed by atoms with Crippen LogP contribution in [0.15, 0.2) is 40.7 Å². The molecule has 29 heavy (non-hydrogen) atoms. The number of allylic oxidation sites excluding steroid dienone is 1. The van der Waals surface area contributed by atoms with Crippen LogP contribution in [0.5, 0.6) is 0 Å². The number of ether oxygens (including phenoxy) is 2. The van der Waals surface area contributed by atoms with Gasteiger partial charge in [-0.05, 0) is 37.7 Å². The number of rotatable bonds is 6. The van der Waals surface area contributed by atoms with E-state index in [0.717, 1.165) is 0 Å². The standard InChI is InChI=1S/C19H21Cl2N3O4S/c1-4-28-18(26)15-12(8-23-19(22)29)24-9(2)13(17(25)27-3)14(15)10-6-5-7-11(20)16(10)21/h5-7,14,24H,4,8H2,1-3H3,(H3,22,23,29). The highest BCUT2D eigenvalue weighted by molar-refractivity contribution is 7.80. The van der Waals surface area contributed by atoms with Crippen molar-refractivity contribution in [3.8, 4) is 0 Å². The van der Waals surface area contributed by atoms with Crippen LogP contribution >= 0.6 is 35.4 Å². The van der Waals surface area contributed by atoms with E-state index in [1.54, 1.807) is 32.0 Å². The number of esters is 2. The number of benzene rings is 1. The first kappa shape index (κ1) is 23.0. The lowest BCUT2D eigenvalue weighted by atomic mass is 9.80. The zero-order valence-electron chi connectivity index (χ0n) is 16.1. The molecule has 0 radical (unpaired) electrons. The largest absolute Gasteiger partial charge is 0.466 e. The molecule has 0 saturated heterocycles. The SMILES string of the molecule is CCOC(=O)C1=C(CNC(N)=S)NC(C)=C(C(=O)OC)C1c1cccc(Cl)c1Cl. The van der Waals surface area contributed by atoms with Crippen molar-refractivity contribution in [2.24, 2.45) is 5.73 Å². The summed E-state index contributed by atoms with van der Waals surface area (Å²) >= 11 is 17.5. The van der Waals surface area contributed by atoms with Gasteiger partial charge in [0.1, 0.15) is 0 Å². The zero-order valence-corrected chi connectivity index (χ0v) is 18.4. The third-order valence-corrected chi connectivity index (χ3v) is 5.26. The van der Waals surface area contributed by atoms with Crippen molar-refractivity contribution >= 4 is 52.5 Å². The number of hydrogen-bond donors (Lipinski definition) is 3. The summed E-state index contributed by atoms with van der Waals surface area (Å²) < 4.78 is 10.2. The quantitative estimate of drug-likeness (QED) is 0.442. The molecule has 10 heteroatoms. The van der Waals surface area contributed by atoms with Crippen LogP contribution in [-0.2, 0) is 19.1 Å². The minimum Gasteiger partial charge on any atom is -0.466 e. The highest BCUT2D eigenvalue weighted by Crippen LogP contribution is 2.43. The molecular formula is C19H21Cl2N3O4S. The predicted octanol–water partition coefficient (Wildman–Crippen LogP) is 2.78. The molecule has 7 nitrogen and oxygen atoms in total. The lowest BCUT2D eigenvalue weighted by Crippen LogP contribution is -2.39. The van der Waals surface area contributed by atoms with Gasteiger partial charge in [0.25, 0.3) is 0 Å². The van der Waals surface area contributed by atoms with Crippen LogP contribution in [0.4, 0.5) is 0 Å². The number of methoxy groups -OCH3 is 1. The van der Waals surface area contributed by atoms with Gasteiger partial charge >= 0.3 is 11.9 Å². The van der Waals surface area contributed by atoms with Crippen molar-refractivity contribution in [2.45, 2.75) is 19.8 Å². The van der Waals surface area contributed by atoms with Crippen molar-refractivity contribution in [3.63, 3.8) is 0 Å². The number of carbonyl (C=O) groups is 2. The first-order valence-electron chi connectivity index (χ1n) is 8.66. The van der Waals surface area contributed by atoms with E-state index in [2.05, 4.69) is 10.6 Å². The summed E-state index contributed by atoms with van der Waals surface area (Å²) in [7, 11) is 1.26. The Morgan fingerprint density at radius 2 is 1.97 bits per heavy atom. The van der Waals surface area contributed by atoms with Gasteiger partial charge in [0.05, 0.1) is 47.4 Å². The molecule has 1 heterocycles. The van der Waals surface area contributed by atoms with E-state index in [1.807, 2.05) is 0 Å². The van der Waals surface area contributed by atoms with Gasteiger partial charge in [-0.2, -0.15) is 0 Å². The maximum atomic E-state index is 12.9. The fourth-order valence-corrected chi connectivity index (χ4v) is 3.59. The number of nitrogens with one attached hydrogen (secondary N) is 2. The second-order valence-electron chi connectivity index (χ2n) is 6.06. The molecule has 1 atom stereocenters. The number of thiocarbonyl (C=S) groups is 1. The maximum absolute atomic E-state index is 12.9. The summed E-state index contributed by atoms with van der Waals surface area (Å²) in [6, 6.07) is 5.00. The Balaban J connectivity index is 2.77. The second-order valence-corrected chi connectivity index (χ2v) is 7.29. The van der Waals surface area contributed by atoms with Gasteiger partial charge in [-0.15, -0.1) is 0 Å². The number of dihydropyridines is 1. The number of carbonyl (C=O) groups excluding carboxylic acids is 2. The van der Waals surface area contributed by atoms with Gasteiger partial charge in [-0.1, -0.05) is 35.3 Å². The van der Waals surface area contributed by atoms with Crippen molar-refractivity contribution in [1.29, 1.82) is 0 Å². The lowest BCUT2D eigenvalue weighted by Gasteiger charge is -2.32. The smallest absolute Gasteiger partial charge is 0.336 e. The Labute approximate surface area is 184 Å². The molecule has 1 aromatic carbocycles. The molecule has 0 aliphatic carbocycles. The van der Waals surface area contributed by atoms with Crippen LogP contribution in [0, 0.1) is 0 Å². The normalized spacial score (nSPS) is 16.2. The average Bonchev–Trinajstić information content (AvgIpc) is 2.67. The van der Waals surface area contributed by atoms with E-state index in [9.17, 15) is 9.59 Å². The maximum Gasteiger partial charge on any atom is 0.336 e. The Bertz CT molecular complexity index is 915. The van der Waals surface area contributed by atoms with Crippen molar-refractivity contribution in [3.05, 3.63) is 56.3 Å². The van der Waals surface area contributed by atoms with Crippen LogP contribution in [0.2, 0.25) is 10.0 Å². The monoisotopic (exact) mass is 457 g/mol. The van der Waals surface area contributed by atoms with Crippen molar-refractivity contribution in [1.82, 2.24) is 10.6 Å². The summed E-state index contributed by atoms with van der Waals surface area (Å²) in [5.74, 6) is -2.09. The molecule has 1 aromatic rings. The van der Waals surface area contributed by atoms with Gasteiger partial charge in [-0.3, -0.25) is 0 Å². The highest BCUT2D eigenvalue weighted by Gasteiger charge is 2.39. The first-order valence-corrected chi connectivity index (χ1v) is 9.82. The Morgan fingerprint density at radius 1 is 1.28 bits per heavy atom. The molecule has 0 amide bonds. The second kappa shape index (κ2) is 9.96. The highest BCUT2D eigenvalue weighted by atomic mass is 35.5. The third kappa shape index (κ3) is 5.01. The Hall–Kier alpha value is -2.29. The minimum atomic E-state index is -0.864. The fraction of sp³-hybridized carbons (Fsp3) is 0.316. The van der Waals surface area contributed by atoms with E-state index < -0.39 is 17.9 Å². The van der Waals surface area contributed by atoms with Gasteiger partial charge in [-0.25, -0.2) is 9.59 Å². The van der Waals surface area contributed by atoms with Crippen LogP contribution in [-0.4, -0.2) is 37.3 Å². The molecule has 1 aliphatic heterocycles. The molecule has 0 aromatic heterocycles. The zero-order chi connectivity index (χ0) is 21.7. The summed E-state index contributed by atoms with van der Waals surface area (Å²) in [4.78, 5) is 25.6. The summed E-state index contributed by atoms with van der Waals surface area (Å²) in [5.41, 5.74) is 7.35.